The quantitative estimate of drug-likeness (QED) is 0.676. The molecule has 2 N–H and O–H groups in total. The smallest absolute Gasteiger partial charge is 0.422 e. The van der Waals surface area contributed by atoms with E-state index in [0.29, 0.717) is 12.0 Å². The number of hydrogen-bond acceptors (Lipinski definition) is 6. The van der Waals surface area contributed by atoms with Gasteiger partial charge in [-0.05, 0) is 30.9 Å². The molecule has 0 aromatic carbocycles. The van der Waals surface area contributed by atoms with Crippen molar-refractivity contribution in [3.8, 4) is 5.88 Å². The molecule has 1 atom stereocenters. The molecule has 0 saturated heterocycles. The predicted octanol–water partition coefficient (Wildman–Crippen LogP) is 3.04. The van der Waals surface area contributed by atoms with Crippen molar-refractivity contribution in [2.24, 2.45) is 5.92 Å². The van der Waals surface area contributed by atoms with E-state index in [1.54, 1.807) is 0 Å². The molecule has 8 nitrogen and oxygen atoms in total. The van der Waals surface area contributed by atoms with Crippen LogP contribution in [0.2, 0.25) is 0 Å². The molecule has 2 heterocycles. The number of nitrogens with one attached hydrogen (secondary N) is 2. The highest BCUT2D eigenvalue weighted by Gasteiger charge is 2.30. The fourth-order valence-electron chi connectivity index (χ4n) is 2.60. The van der Waals surface area contributed by atoms with E-state index >= 15 is 0 Å². The average molecular weight is 423 g/mol. The molecule has 0 spiro atoms. The Morgan fingerprint density at radius 2 is 2.00 bits per heavy atom. The molecule has 1 fully saturated rings. The molecule has 3 rings (SSSR count). The first-order chi connectivity index (χ1) is 14.2. The lowest BCUT2D eigenvalue weighted by Crippen LogP contribution is -2.29. The Balaban J connectivity index is 1.62. The number of aromatic nitrogens is 3. The third-order valence-corrected chi connectivity index (χ3v) is 4.33. The van der Waals surface area contributed by atoms with E-state index < -0.39 is 24.7 Å². The van der Waals surface area contributed by atoms with Gasteiger partial charge in [-0.2, -0.15) is 13.2 Å². The molecule has 30 heavy (non-hydrogen) atoms. The monoisotopic (exact) mass is 423 g/mol. The fourth-order valence-corrected chi connectivity index (χ4v) is 2.60. The van der Waals surface area contributed by atoms with Gasteiger partial charge in [-0.3, -0.25) is 14.9 Å². The number of halogens is 3. The van der Waals surface area contributed by atoms with Gasteiger partial charge in [-0.1, -0.05) is 13.0 Å². The van der Waals surface area contributed by atoms with Gasteiger partial charge in [0.2, 0.25) is 17.7 Å². The molecule has 160 valence electrons. The minimum Gasteiger partial charge on any atom is -0.468 e. The first kappa shape index (κ1) is 21.5. The second-order valence-corrected chi connectivity index (χ2v) is 6.80. The minimum atomic E-state index is -4.45. The van der Waals surface area contributed by atoms with Gasteiger partial charge in [-0.25, -0.2) is 15.0 Å². The van der Waals surface area contributed by atoms with Crippen LogP contribution in [-0.4, -0.2) is 39.5 Å². The van der Waals surface area contributed by atoms with Crippen LogP contribution in [0.1, 0.15) is 48.3 Å². The van der Waals surface area contributed by atoms with Crippen LogP contribution in [0, 0.1) is 5.92 Å². The number of carbonyl (C=O) groups is 2. The van der Waals surface area contributed by atoms with Crippen LogP contribution >= 0.6 is 0 Å². The van der Waals surface area contributed by atoms with Crippen molar-refractivity contribution in [2.75, 3.05) is 11.9 Å². The zero-order chi connectivity index (χ0) is 21.7. The van der Waals surface area contributed by atoms with Crippen molar-refractivity contribution < 1.29 is 27.5 Å². The third kappa shape index (κ3) is 6.13. The number of hydrogen-bond donors (Lipinski definition) is 2. The van der Waals surface area contributed by atoms with Gasteiger partial charge in [0.05, 0.1) is 6.04 Å². The molecule has 11 heteroatoms. The maximum Gasteiger partial charge on any atom is 0.422 e. The number of carbonyl (C=O) groups excluding carboxylic acids is 2. The summed E-state index contributed by atoms with van der Waals surface area (Å²) >= 11 is 0. The van der Waals surface area contributed by atoms with Crippen molar-refractivity contribution in [2.45, 2.75) is 38.4 Å². The third-order valence-electron chi connectivity index (χ3n) is 4.33. The van der Waals surface area contributed by atoms with Gasteiger partial charge < -0.3 is 10.1 Å². The number of pyridine rings is 1. The van der Waals surface area contributed by atoms with Gasteiger partial charge in [0.1, 0.15) is 5.69 Å². The molecule has 1 unspecified atom stereocenters. The highest BCUT2D eigenvalue weighted by atomic mass is 19.4. The van der Waals surface area contributed by atoms with Crippen molar-refractivity contribution >= 4 is 17.8 Å². The molecule has 2 amide bonds. The van der Waals surface area contributed by atoms with Gasteiger partial charge in [-0.15, -0.1) is 0 Å². The molecule has 0 bridgehead atoms. The Labute approximate surface area is 170 Å². The summed E-state index contributed by atoms with van der Waals surface area (Å²) in [5.41, 5.74) is 0.675. The first-order valence-electron chi connectivity index (χ1n) is 9.35. The Hall–Kier alpha value is -3.24. The number of alkyl halides is 3. The van der Waals surface area contributed by atoms with Crippen LogP contribution < -0.4 is 15.4 Å². The Kier molecular flexibility index (Phi) is 6.48. The van der Waals surface area contributed by atoms with Crippen molar-refractivity contribution in [1.82, 2.24) is 20.3 Å². The second-order valence-electron chi connectivity index (χ2n) is 6.80. The van der Waals surface area contributed by atoms with Crippen LogP contribution in [0.5, 0.6) is 5.88 Å². The predicted molar refractivity (Wildman–Crippen MR) is 99.7 cm³/mol. The second kappa shape index (κ2) is 9.06. The fraction of sp³-hybridized carbons (Fsp3) is 0.421. The summed E-state index contributed by atoms with van der Waals surface area (Å²) in [5, 5.41) is 5.37. The van der Waals surface area contributed by atoms with E-state index in [1.807, 2.05) is 6.92 Å². The van der Waals surface area contributed by atoms with Crippen LogP contribution in [-0.2, 0) is 4.79 Å². The Bertz CT molecular complexity index is 901. The molecule has 2 aromatic heterocycles. The van der Waals surface area contributed by atoms with Crippen molar-refractivity contribution in [3.05, 3.63) is 41.9 Å². The van der Waals surface area contributed by atoms with E-state index in [2.05, 4.69) is 30.3 Å². The number of rotatable bonds is 8. The van der Waals surface area contributed by atoms with Crippen LogP contribution in [0.15, 0.2) is 30.6 Å². The highest BCUT2D eigenvalue weighted by Crippen LogP contribution is 2.29. The zero-order valence-electron chi connectivity index (χ0n) is 16.1. The largest absolute Gasteiger partial charge is 0.468 e. The van der Waals surface area contributed by atoms with E-state index in [-0.39, 0.29) is 29.3 Å². The standard InChI is InChI=1S/C19H20F3N5O3/c1-2-13(12-5-6-15(24-9-12)30-10-19(20,21)22)25-17(29)14-7-8-23-18(26-14)27-16(28)11-3-4-11/h5-9,11,13H,2-4,10H2,1H3,(H,25,29)(H,23,26,27,28). The minimum absolute atomic E-state index is 0.0221. The molecule has 2 aromatic rings. The van der Waals surface area contributed by atoms with Gasteiger partial charge >= 0.3 is 6.18 Å². The summed E-state index contributed by atoms with van der Waals surface area (Å²) in [4.78, 5) is 36.3. The lowest BCUT2D eigenvalue weighted by molar-refractivity contribution is -0.154. The van der Waals surface area contributed by atoms with Crippen LogP contribution in [0.4, 0.5) is 19.1 Å². The maximum atomic E-state index is 12.6. The van der Waals surface area contributed by atoms with E-state index in [0.717, 1.165) is 12.8 Å². The first-order valence-corrected chi connectivity index (χ1v) is 9.35. The summed E-state index contributed by atoms with van der Waals surface area (Å²) in [6, 6.07) is 3.82. The Morgan fingerprint density at radius 3 is 2.60 bits per heavy atom. The van der Waals surface area contributed by atoms with Gasteiger partial charge in [0.15, 0.2) is 6.61 Å². The molecular weight excluding hydrogens is 403 g/mol. The highest BCUT2D eigenvalue weighted by molar-refractivity contribution is 5.95. The lowest BCUT2D eigenvalue weighted by atomic mass is 10.1. The molecular formula is C19H20F3N5O3. The van der Waals surface area contributed by atoms with E-state index in [1.165, 1.54) is 30.6 Å². The summed E-state index contributed by atoms with van der Waals surface area (Å²) in [7, 11) is 0. The molecule has 1 aliphatic rings. The van der Waals surface area contributed by atoms with Gasteiger partial charge in [0.25, 0.3) is 5.91 Å². The number of anilines is 1. The number of amides is 2. The zero-order valence-corrected chi connectivity index (χ0v) is 16.1. The summed E-state index contributed by atoms with van der Waals surface area (Å²) in [5.74, 6) is -0.780. The summed E-state index contributed by atoms with van der Waals surface area (Å²) in [6.45, 7) is 0.404. The topological polar surface area (TPSA) is 106 Å². The molecule has 1 saturated carbocycles. The number of ether oxygens (including phenoxy) is 1. The van der Waals surface area contributed by atoms with E-state index in [4.69, 9.17) is 0 Å². The van der Waals surface area contributed by atoms with Crippen molar-refractivity contribution in [3.63, 3.8) is 0 Å². The number of nitrogens with zero attached hydrogens (tertiary/aromatic N) is 3. The van der Waals surface area contributed by atoms with Crippen molar-refractivity contribution in [1.29, 1.82) is 0 Å². The SMILES string of the molecule is CCC(NC(=O)c1ccnc(NC(=O)C2CC2)n1)c1ccc(OCC(F)(F)F)nc1. The van der Waals surface area contributed by atoms with Crippen LogP contribution in [0.3, 0.4) is 0 Å². The maximum absolute atomic E-state index is 12.6. The molecule has 1 aliphatic carbocycles. The lowest BCUT2D eigenvalue weighted by Gasteiger charge is -2.17. The molecule has 0 aliphatic heterocycles. The normalized spacial score (nSPS) is 14.7. The Morgan fingerprint density at radius 1 is 1.23 bits per heavy atom. The van der Waals surface area contributed by atoms with Crippen LogP contribution in [0.25, 0.3) is 0 Å². The summed E-state index contributed by atoms with van der Waals surface area (Å²) in [6.07, 6.45) is 0.443. The van der Waals surface area contributed by atoms with Gasteiger partial charge in [0, 0.05) is 24.4 Å². The average Bonchev–Trinajstić information content (AvgIpc) is 3.56. The van der Waals surface area contributed by atoms with E-state index in [9.17, 15) is 22.8 Å². The molecule has 0 radical (unpaired) electrons. The summed E-state index contributed by atoms with van der Waals surface area (Å²) < 4.78 is 41.2.